The molecular formula is C15H11N3O2. The molecule has 0 atom stereocenters. The van der Waals surface area contributed by atoms with Crippen LogP contribution in [0.25, 0.3) is 0 Å². The number of nitriles is 1. The summed E-state index contributed by atoms with van der Waals surface area (Å²) in [6, 6.07) is 14.8. The number of hydrogen-bond donors (Lipinski definition) is 2. The van der Waals surface area contributed by atoms with Gasteiger partial charge in [-0.2, -0.15) is 10.4 Å². The molecule has 0 bridgehead atoms. The van der Waals surface area contributed by atoms with Crippen LogP contribution in [-0.4, -0.2) is 17.2 Å². The molecular weight excluding hydrogens is 254 g/mol. The summed E-state index contributed by atoms with van der Waals surface area (Å²) >= 11 is 0. The van der Waals surface area contributed by atoms with E-state index in [-0.39, 0.29) is 11.7 Å². The summed E-state index contributed by atoms with van der Waals surface area (Å²) in [5.74, 6) is -0.301. The minimum Gasteiger partial charge on any atom is -0.507 e. The second kappa shape index (κ2) is 6.16. The number of amides is 1. The molecule has 98 valence electrons. The molecule has 0 saturated heterocycles. The molecule has 0 unspecified atom stereocenters. The molecule has 0 heterocycles. The summed E-state index contributed by atoms with van der Waals surface area (Å²) in [7, 11) is 0. The summed E-state index contributed by atoms with van der Waals surface area (Å²) in [5.41, 5.74) is 3.74. The molecule has 0 aliphatic heterocycles. The molecule has 5 heteroatoms. The van der Waals surface area contributed by atoms with Crippen molar-refractivity contribution in [3.05, 3.63) is 65.2 Å². The largest absolute Gasteiger partial charge is 0.507 e. The van der Waals surface area contributed by atoms with E-state index in [1.165, 1.54) is 12.3 Å². The molecule has 2 N–H and O–H groups in total. The van der Waals surface area contributed by atoms with Crippen molar-refractivity contribution >= 4 is 12.1 Å². The van der Waals surface area contributed by atoms with Crippen LogP contribution in [0.15, 0.2) is 53.6 Å². The van der Waals surface area contributed by atoms with E-state index < -0.39 is 0 Å². The molecule has 20 heavy (non-hydrogen) atoms. The average molecular weight is 265 g/mol. The number of para-hydroxylation sites is 1. The fourth-order valence-electron chi connectivity index (χ4n) is 1.52. The highest BCUT2D eigenvalue weighted by molar-refractivity contribution is 5.95. The van der Waals surface area contributed by atoms with Crippen molar-refractivity contribution in [2.75, 3.05) is 0 Å². The van der Waals surface area contributed by atoms with Crippen LogP contribution in [0.4, 0.5) is 0 Å². The number of phenolic OH excluding ortho intramolecular Hbond substituents is 1. The third-order valence-corrected chi connectivity index (χ3v) is 2.58. The van der Waals surface area contributed by atoms with Crippen molar-refractivity contribution in [2.24, 2.45) is 5.10 Å². The van der Waals surface area contributed by atoms with E-state index >= 15 is 0 Å². The highest BCUT2D eigenvalue weighted by Gasteiger charge is 2.03. The third kappa shape index (κ3) is 3.21. The zero-order chi connectivity index (χ0) is 14.4. The van der Waals surface area contributed by atoms with Gasteiger partial charge in [-0.15, -0.1) is 0 Å². The van der Waals surface area contributed by atoms with Crippen molar-refractivity contribution in [3.8, 4) is 11.8 Å². The fourth-order valence-corrected chi connectivity index (χ4v) is 1.52. The molecule has 0 aliphatic rings. The minimum atomic E-state index is -0.388. The number of nitrogens with one attached hydrogen (secondary N) is 1. The maximum atomic E-state index is 11.7. The highest BCUT2D eigenvalue weighted by Crippen LogP contribution is 2.12. The second-order valence-electron chi connectivity index (χ2n) is 3.95. The number of carbonyl (C=O) groups excluding carboxylic acids is 1. The van der Waals surface area contributed by atoms with Crippen LogP contribution in [0.3, 0.4) is 0 Å². The number of phenols is 1. The van der Waals surface area contributed by atoms with Gasteiger partial charge in [-0.25, -0.2) is 5.43 Å². The number of hydrazone groups is 1. The van der Waals surface area contributed by atoms with Crippen LogP contribution in [0, 0.1) is 11.3 Å². The van der Waals surface area contributed by atoms with Crippen LogP contribution in [-0.2, 0) is 0 Å². The molecule has 0 aliphatic carbocycles. The quantitative estimate of drug-likeness (QED) is 0.657. The van der Waals surface area contributed by atoms with Crippen molar-refractivity contribution in [2.45, 2.75) is 0 Å². The average Bonchev–Trinajstić information content (AvgIpc) is 2.49. The van der Waals surface area contributed by atoms with E-state index in [1.807, 2.05) is 6.07 Å². The molecule has 2 aromatic carbocycles. The minimum absolute atomic E-state index is 0.0869. The van der Waals surface area contributed by atoms with Gasteiger partial charge in [0.2, 0.25) is 0 Å². The first-order chi connectivity index (χ1) is 9.70. The summed E-state index contributed by atoms with van der Waals surface area (Å²) in [4.78, 5) is 11.7. The van der Waals surface area contributed by atoms with Crippen LogP contribution < -0.4 is 5.43 Å². The van der Waals surface area contributed by atoms with E-state index in [2.05, 4.69) is 10.5 Å². The number of benzene rings is 2. The lowest BCUT2D eigenvalue weighted by molar-refractivity contribution is 0.0955. The van der Waals surface area contributed by atoms with Gasteiger partial charge in [0.15, 0.2) is 0 Å². The fraction of sp³-hybridized carbons (Fsp3) is 0. The maximum Gasteiger partial charge on any atom is 0.271 e. The Morgan fingerprint density at radius 2 is 1.90 bits per heavy atom. The van der Waals surface area contributed by atoms with E-state index in [0.29, 0.717) is 16.7 Å². The first-order valence-electron chi connectivity index (χ1n) is 5.82. The smallest absolute Gasteiger partial charge is 0.271 e. The van der Waals surface area contributed by atoms with Crippen LogP contribution in [0.2, 0.25) is 0 Å². The van der Waals surface area contributed by atoms with Crippen molar-refractivity contribution in [1.82, 2.24) is 5.43 Å². The van der Waals surface area contributed by atoms with Crippen molar-refractivity contribution in [1.29, 1.82) is 5.26 Å². The lowest BCUT2D eigenvalue weighted by Crippen LogP contribution is -2.17. The normalized spacial score (nSPS) is 10.2. The van der Waals surface area contributed by atoms with Gasteiger partial charge in [-0.1, -0.05) is 12.1 Å². The number of hydrogen-bond acceptors (Lipinski definition) is 4. The Labute approximate surface area is 115 Å². The first kappa shape index (κ1) is 13.3. The molecule has 2 rings (SSSR count). The molecule has 5 nitrogen and oxygen atoms in total. The standard InChI is InChI=1S/C15H11N3O2/c16-9-11-5-7-12(8-6-11)15(20)18-17-10-13-3-1-2-4-14(13)19/h1-8,10,19H,(H,18,20)/b17-10-. The Bertz CT molecular complexity index is 685. The summed E-state index contributed by atoms with van der Waals surface area (Å²) in [6.45, 7) is 0. The molecule has 0 fully saturated rings. The van der Waals surface area contributed by atoms with Crippen molar-refractivity contribution < 1.29 is 9.90 Å². The lowest BCUT2D eigenvalue weighted by Gasteiger charge is -2.00. The summed E-state index contributed by atoms with van der Waals surface area (Å²) in [5, 5.41) is 22.0. The molecule has 0 spiro atoms. The van der Waals surface area contributed by atoms with Crippen LogP contribution in [0.5, 0.6) is 5.75 Å². The number of rotatable bonds is 3. The highest BCUT2D eigenvalue weighted by atomic mass is 16.3. The monoisotopic (exact) mass is 265 g/mol. The van der Waals surface area contributed by atoms with Gasteiger partial charge < -0.3 is 5.11 Å². The summed E-state index contributed by atoms with van der Waals surface area (Å²) < 4.78 is 0. The predicted octanol–water partition coefficient (Wildman–Crippen LogP) is 2.03. The Balaban J connectivity index is 2.02. The SMILES string of the molecule is N#Cc1ccc(C(=O)N/N=C\c2ccccc2O)cc1. The Hall–Kier alpha value is -3.13. The van der Waals surface area contributed by atoms with Gasteiger partial charge in [-0.3, -0.25) is 4.79 Å². The maximum absolute atomic E-state index is 11.7. The number of carbonyl (C=O) groups is 1. The molecule has 0 saturated carbocycles. The topological polar surface area (TPSA) is 85.5 Å². The summed E-state index contributed by atoms with van der Waals surface area (Å²) in [6.07, 6.45) is 1.36. The van der Waals surface area contributed by atoms with Gasteiger partial charge in [0.25, 0.3) is 5.91 Å². The molecule has 1 amide bonds. The van der Waals surface area contributed by atoms with Crippen LogP contribution in [0.1, 0.15) is 21.5 Å². The van der Waals surface area contributed by atoms with E-state index in [0.717, 1.165) is 0 Å². The Kier molecular flexibility index (Phi) is 4.10. The molecule has 0 radical (unpaired) electrons. The number of aromatic hydroxyl groups is 1. The van der Waals surface area contributed by atoms with Gasteiger partial charge in [0.05, 0.1) is 17.8 Å². The zero-order valence-electron chi connectivity index (χ0n) is 10.4. The third-order valence-electron chi connectivity index (χ3n) is 2.58. The Morgan fingerprint density at radius 3 is 2.55 bits per heavy atom. The zero-order valence-corrected chi connectivity index (χ0v) is 10.4. The van der Waals surface area contributed by atoms with Crippen LogP contribution >= 0.6 is 0 Å². The molecule has 2 aromatic rings. The second-order valence-corrected chi connectivity index (χ2v) is 3.95. The lowest BCUT2D eigenvalue weighted by atomic mass is 10.1. The van der Waals surface area contributed by atoms with Gasteiger partial charge >= 0.3 is 0 Å². The molecule has 0 aromatic heterocycles. The first-order valence-corrected chi connectivity index (χ1v) is 5.82. The van der Waals surface area contributed by atoms with E-state index in [4.69, 9.17) is 5.26 Å². The van der Waals surface area contributed by atoms with E-state index in [1.54, 1.807) is 42.5 Å². The van der Waals surface area contributed by atoms with Gasteiger partial charge in [0, 0.05) is 11.1 Å². The predicted molar refractivity (Wildman–Crippen MR) is 74.3 cm³/mol. The number of nitrogens with zero attached hydrogens (tertiary/aromatic N) is 2. The van der Waals surface area contributed by atoms with Gasteiger partial charge in [0.1, 0.15) is 5.75 Å². The van der Waals surface area contributed by atoms with Crippen molar-refractivity contribution in [3.63, 3.8) is 0 Å². The Morgan fingerprint density at radius 1 is 1.20 bits per heavy atom. The van der Waals surface area contributed by atoms with Gasteiger partial charge in [-0.05, 0) is 36.4 Å². The van der Waals surface area contributed by atoms with E-state index in [9.17, 15) is 9.90 Å².